The summed E-state index contributed by atoms with van der Waals surface area (Å²) in [7, 11) is 0. The third kappa shape index (κ3) is 3.57. The van der Waals surface area contributed by atoms with Crippen LogP contribution in [0, 0.1) is 5.82 Å². The van der Waals surface area contributed by atoms with Crippen molar-refractivity contribution >= 4 is 11.8 Å². The van der Waals surface area contributed by atoms with Crippen LogP contribution in [0.5, 0.6) is 0 Å². The maximum Gasteiger partial charge on any atom is 0.412 e. The fraction of sp³-hybridized carbons (Fsp3) is 0.286. The minimum atomic E-state index is -0.619. The highest BCUT2D eigenvalue weighted by atomic mass is 19.1. The Labute approximate surface area is 116 Å². The van der Waals surface area contributed by atoms with Crippen LogP contribution < -0.4 is 5.32 Å². The second-order valence-corrected chi connectivity index (χ2v) is 5.29. The summed E-state index contributed by atoms with van der Waals surface area (Å²) >= 11 is 0. The summed E-state index contributed by atoms with van der Waals surface area (Å²) in [5.41, 5.74) is 0.696. The number of hydrogen-bond acceptors (Lipinski definition) is 3. The first kappa shape index (κ1) is 14.0. The largest absolute Gasteiger partial charge is 0.444 e. The standard InChI is InChI=1S/C14H16FN3O2/c1-14(2,3)20-13(19)18-9-4-5-10(11(15)6-9)12-7-16-8-17-12/h4-8H,1-3H3,(H,16,17)(H,18,19). The van der Waals surface area contributed by atoms with E-state index in [1.807, 2.05) is 0 Å². The molecular formula is C14H16FN3O2. The Morgan fingerprint density at radius 2 is 2.15 bits per heavy atom. The second kappa shape index (κ2) is 5.32. The van der Waals surface area contributed by atoms with Gasteiger partial charge in [0.05, 0.1) is 18.2 Å². The van der Waals surface area contributed by atoms with Crippen LogP contribution in [0.3, 0.4) is 0 Å². The number of rotatable bonds is 2. The number of aromatic amines is 1. The molecule has 0 aliphatic heterocycles. The lowest BCUT2D eigenvalue weighted by molar-refractivity contribution is 0.0636. The number of H-pyrrole nitrogens is 1. The van der Waals surface area contributed by atoms with Crippen molar-refractivity contribution in [1.82, 2.24) is 9.97 Å². The smallest absolute Gasteiger partial charge is 0.412 e. The summed E-state index contributed by atoms with van der Waals surface area (Å²) in [5.74, 6) is -0.456. The minimum absolute atomic E-state index is 0.333. The summed E-state index contributed by atoms with van der Waals surface area (Å²) < 4.78 is 19.1. The molecular weight excluding hydrogens is 261 g/mol. The monoisotopic (exact) mass is 277 g/mol. The van der Waals surface area contributed by atoms with E-state index in [1.165, 1.54) is 18.6 Å². The molecule has 6 heteroatoms. The third-order valence-electron chi connectivity index (χ3n) is 2.40. The lowest BCUT2D eigenvalue weighted by Crippen LogP contribution is -2.27. The van der Waals surface area contributed by atoms with Gasteiger partial charge in [-0.05, 0) is 39.0 Å². The Balaban J connectivity index is 2.12. The molecule has 0 saturated heterocycles. The number of anilines is 1. The van der Waals surface area contributed by atoms with E-state index in [1.54, 1.807) is 32.9 Å². The van der Waals surface area contributed by atoms with Crippen LogP contribution >= 0.6 is 0 Å². The maximum absolute atomic E-state index is 14.0. The van der Waals surface area contributed by atoms with Crippen LogP contribution in [0.15, 0.2) is 30.7 Å². The second-order valence-electron chi connectivity index (χ2n) is 5.29. The van der Waals surface area contributed by atoms with Crippen molar-refractivity contribution in [3.63, 3.8) is 0 Å². The summed E-state index contributed by atoms with van der Waals surface area (Å²) in [6.07, 6.45) is 2.38. The van der Waals surface area contributed by atoms with Crippen molar-refractivity contribution in [2.24, 2.45) is 0 Å². The zero-order valence-corrected chi connectivity index (χ0v) is 11.5. The van der Waals surface area contributed by atoms with Crippen molar-refractivity contribution in [2.75, 3.05) is 5.32 Å². The molecule has 2 rings (SSSR count). The number of halogens is 1. The summed E-state index contributed by atoms with van der Waals surface area (Å²) in [6.45, 7) is 5.28. The molecule has 1 aromatic carbocycles. The molecule has 1 heterocycles. The SMILES string of the molecule is CC(C)(C)OC(=O)Nc1ccc(-c2cnc[nH]2)c(F)c1. The molecule has 0 unspecified atom stereocenters. The maximum atomic E-state index is 14.0. The fourth-order valence-electron chi connectivity index (χ4n) is 1.64. The summed E-state index contributed by atoms with van der Waals surface area (Å²) in [5, 5.41) is 2.48. The van der Waals surface area contributed by atoms with E-state index < -0.39 is 17.5 Å². The Kier molecular flexibility index (Phi) is 3.74. The Bertz CT molecular complexity index is 603. The van der Waals surface area contributed by atoms with Crippen molar-refractivity contribution < 1.29 is 13.9 Å². The average molecular weight is 277 g/mol. The molecule has 0 aliphatic rings. The van der Waals surface area contributed by atoms with Crippen LogP contribution in [0.2, 0.25) is 0 Å². The first-order valence-electron chi connectivity index (χ1n) is 6.13. The average Bonchev–Trinajstić information content (AvgIpc) is 2.79. The Morgan fingerprint density at radius 1 is 1.40 bits per heavy atom. The van der Waals surface area contributed by atoms with Crippen LogP contribution in [-0.4, -0.2) is 21.7 Å². The van der Waals surface area contributed by atoms with E-state index in [2.05, 4.69) is 15.3 Å². The van der Waals surface area contributed by atoms with E-state index in [0.717, 1.165) is 0 Å². The number of carbonyl (C=O) groups excluding carboxylic acids is 1. The first-order valence-corrected chi connectivity index (χ1v) is 6.13. The lowest BCUT2D eigenvalue weighted by atomic mass is 10.1. The molecule has 0 saturated carbocycles. The van der Waals surface area contributed by atoms with E-state index in [4.69, 9.17) is 4.74 Å². The van der Waals surface area contributed by atoms with Gasteiger partial charge < -0.3 is 9.72 Å². The van der Waals surface area contributed by atoms with Gasteiger partial charge in [0.25, 0.3) is 0 Å². The molecule has 5 nitrogen and oxygen atoms in total. The zero-order chi connectivity index (χ0) is 14.8. The molecule has 2 N–H and O–H groups in total. The minimum Gasteiger partial charge on any atom is -0.444 e. The fourth-order valence-corrected chi connectivity index (χ4v) is 1.64. The molecule has 0 fully saturated rings. The normalized spacial score (nSPS) is 11.2. The van der Waals surface area contributed by atoms with E-state index >= 15 is 0 Å². The van der Waals surface area contributed by atoms with Crippen molar-refractivity contribution in [3.05, 3.63) is 36.5 Å². The number of amides is 1. The summed E-state index contributed by atoms with van der Waals surface area (Å²) in [4.78, 5) is 18.2. The van der Waals surface area contributed by atoms with Crippen molar-refractivity contribution in [3.8, 4) is 11.3 Å². The number of benzene rings is 1. The van der Waals surface area contributed by atoms with Gasteiger partial charge in [-0.25, -0.2) is 14.2 Å². The van der Waals surface area contributed by atoms with Crippen molar-refractivity contribution in [2.45, 2.75) is 26.4 Å². The number of nitrogens with zero attached hydrogens (tertiary/aromatic N) is 1. The Hall–Kier alpha value is -2.37. The quantitative estimate of drug-likeness (QED) is 0.882. The molecule has 106 valence electrons. The van der Waals surface area contributed by atoms with Gasteiger partial charge in [0.2, 0.25) is 0 Å². The number of imidazole rings is 1. The van der Waals surface area contributed by atoms with E-state index in [9.17, 15) is 9.18 Å². The number of ether oxygens (including phenoxy) is 1. The van der Waals surface area contributed by atoms with Gasteiger partial charge in [0.15, 0.2) is 0 Å². The predicted molar refractivity (Wildman–Crippen MR) is 73.8 cm³/mol. The molecule has 0 atom stereocenters. The van der Waals surface area contributed by atoms with E-state index in [0.29, 0.717) is 16.9 Å². The predicted octanol–water partition coefficient (Wildman–Crippen LogP) is 3.56. The molecule has 2 aromatic rings. The highest BCUT2D eigenvalue weighted by Gasteiger charge is 2.16. The number of nitrogens with one attached hydrogen (secondary N) is 2. The van der Waals surface area contributed by atoms with Gasteiger partial charge in [0, 0.05) is 11.3 Å². The topological polar surface area (TPSA) is 67.0 Å². The van der Waals surface area contributed by atoms with Gasteiger partial charge in [-0.2, -0.15) is 0 Å². The third-order valence-corrected chi connectivity index (χ3v) is 2.40. The van der Waals surface area contributed by atoms with Gasteiger partial charge in [-0.1, -0.05) is 0 Å². The lowest BCUT2D eigenvalue weighted by Gasteiger charge is -2.19. The molecule has 0 radical (unpaired) electrons. The number of aromatic nitrogens is 2. The van der Waals surface area contributed by atoms with Gasteiger partial charge in [-0.3, -0.25) is 5.32 Å². The van der Waals surface area contributed by atoms with Crippen LogP contribution in [-0.2, 0) is 4.74 Å². The van der Waals surface area contributed by atoms with Crippen LogP contribution in [0.4, 0.5) is 14.9 Å². The Morgan fingerprint density at radius 3 is 2.70 bits per heavy atom. The molecule has 0 aliphatic carbocycles. The molecule has 1 aromatic heterocycles. The molecule has 0 bridgehead atoms. The number of carbonyl (C=O) groups is 1. The highest BCUT2D eigenvalue weighted by molar-refractivity contribution is 5.85. The molecule has 20 heavy (non-hydrogen) atoms. The van der Waals surface area contributed by atoms with E-state index in [-0.39, 0.29) is 0 Å². The van der Waals surface area contributed by atoms with Gasteiger partial charge >= 0.3 is 6.09 Å². The zero-order valence-electron chi connectivity index (χ0n) is 11.5. The van der Waals surface area contributed by atoms with Crippen LogP contribution in [0.1, 0.15) is 20.8 Å². The first-order chi connectivity index (χ1) is 9.35. The number of hydrogen-bond donors (Lipinski definition) is 2. The molecule has 1 amide bonds. The van der Waals surface area contributed by atoms with Crippen LogP contribution in [0.25, 0.3) is 11.3 Å². The molecule has 0 spiro atoms. The highest BCUT2D eigenvalue weighted by Crippen LogP contribution is 2.23. The van der Waals surface area contributed by atoms with Gasteiger partial charge in [-0.15, -0.1) is 0 Å². The summed E-state index contributed by atoms with van der Waals surface area (Å²) in [6, 6.07) is 4.40. The van der Waals surface area contributed by atoms with Crippen molar-refractivity contribution in [1.29, 1.82) is 0 Å². The van der Waals surface area contributed by atoms with Gasteiger partial charge in [0.1, 0.15) is 11.4 Å².